The number of carboxylic acid groups (broad SMARTS) is 1. The molecule has 2 unspecified atom stereocenters. The van der Waals surface area contributed by atoms with Gasteiger partial charge in [-0.2, -0.15) is 0 Å². The van der Waals surface area contributed by atoms with Crippen LogP contribution in [-0.4, -0.2) is 59.4 Å². The fraction of sp³-hybridized carbons (Fsp3) is 0.500. The van der Waals surface area contributed by atoms with Crippen LogP contribution in [0.15, 0.2) is 18.2 Å². The Balaban J connectivity index is 1.71. The monoisotopic (exact) mass is 399 g/mol. The van der Waals surface area contributed by atoms with Crippen LogP contribution < -0.4 is 10.6 Å². The second-order valence-corrected chi connectivity index (χ2v) is 7.09. The number of carbonyl (C=O) groups is 3. The van der Waals surface area contributed by atoms with Crippen LogP contribution in [0, 0.1) is 5.82 Å². The molecular formula is C18H20F3N3O4. The number of nitrogens with one attached hydrogen (secondary N) is 2. The minimum atomic E-state index is -3.27. The molecule has 0 saturated carbocycles. The molecule has 2 amide bonds. The quantitative estimate of drug-likeness (QED) is 0.650. The summed E-state index contributed by atoms with van der Waals surface area (Å²) in [4.78, 5) is 34.8. The molecule has 3 N–H and O–H groups in total. The number of rotatable bonds is 5. The molecule has 0 aliphatic carbocycles. The third-order valence-electron chi connectivity index (χ3n) is 4.99. The highest BCUT2D eigenvalue weighted by Gasteiger charge is 2.46. The molecule has 0 spiro atoms. The fourth-order valence-electron chi connectivity index (χ4n) is 3.65. The summed E-state index contributed by atoms with van der Waals surface area (Å²) in [5.74, 6) is -7.54. The number of aliphatic carboxylic acids is 1. The maximum absolute atomic E-state index is 14.6. The van der Waals surface area contributed by atoms with E-state index in [0.717, 1.165) is 11.0 Å². The highest BCUT2D eigenvalue weighted by Crippen LogP contribution is 2.41. The summed E-state index contributed by atoms with van der Waals surface area (Å²) < 4.78 is 43.6. The largest absolute Gasteiger partial charge is 0.480 e. The highest BCUT2D eigenvalue weighted by atomic mass is 19.3. The van der Waals surface area contributed by atoms with Crippen molar-refractivity contribution in [3.05, 3.63) is 29.6 Å². The zero-order valence-electron chi connectivity index (χ0n) is 14.9. The van der Waals surface area contributed by atoms with Gasteiger partial charge in [-0.05, 0) is 37.1 Å². The number of piperidine rings is 2. The lowest BCUT2D eigenvalue weighted by Crippen LogP contribution is -2.49. The molecule has 2 aliphatic rings. The van der Waals surface area contributed by atoms with Gasteiger partial charge in [0.25, 0.3) is 5.92 Å². The summed E-state index contributed by atoms with van der Waals surface area (Å²) in [6, 6.07) is 3.03. The second kappa shape index (κ2) is 7.78. The van der Waals surface area contributed by atoms with Crippen LogP contribution in [-0.2, 0) is 14.4 Å². The number of carboxylic acids is 1. The maximum atomic E-state index is 14.6. The Hall–Kier alpha value is -2.62. The van der Waals surface area contributed by atoms with E-state index in [9.17, 15) is 27.6 Å². The first kappa shape index (κ1) is 20.1. The SMILES string of the molecule is O=C(O)CN1CCC(c2ccc(NC3CCC(=O)NC3=O)cc2F)C(F)(F)C1. The van der Waals surface area contributed by atoms with E-state index in [1.165, 1.54) is 12.1 Å². The van der Waals surface area contributed by atoms with Gasteiger partial charge in [0.15, 0.2) is 0 Å². The average Bonchev–Trinajstić information content (AvgIpc) is 2.57. The molecule has 3 rings (SSSR count). The Morgan fingerprint density at radius 2 is 2.07 bits per heavy atom. The van der Waals surface area contributed by atoms with E-state index < -0.39 is 48.7 Å². The molecule has 1 aromatic rings. The Kier molecular flexibility index (Phi) is 5.59. The fourth-order valence-corrected chi connectivity index (χ4v) is 3.65. The zero-order valence-corrected chi connectivity index (χ0v) is 14.9. The summed E-state index contributed by atoms with van der Waals surface area (Å²) in [5, 5.41) is 13.7. The summed E-state index contributed by atoms with van der Waals surface area (Å²) in [7, 11) is 0. The molecule has 1 aromatic carbocycles. The van der Waals surface area contributed by atoms with Gasteiger partial charge in [0.05, 0.1) is 19.0 Å². The number of carbonyl (C=O) groups excluding carboxylic acids is 2. The van der Waals surface area contributed by atoms with E-state index >= 15 is 0 Å². The van der Waals surface area contributed by atoms with Crippen LogP contribution in [0.25, 0.3) is 0 Å². The van der Waals surface area contributed by atoms with Crippen molar-refractivity contribution in [1.29, 1.82) is 0 Å². The van der Waals surface area contributed by atoms with Crippen LogP contribution in [0.1, 0.15) is 30.7 Å². The van der Waals surface area contributed by atoms with Gasteiger partial charge in [-0.25, -0.2) is 13.2 Å². The number of likely N-dealkylation sites (tertiary alicyclic amines) is 1. The number of amides is 2. The van der Waals surface area contributed by atoms with Crippen molar-refractivity contribution in [1.82, 2.24) is 10.2 Å². The first-order valence-electron chi connectivity index (χ1n) is 8.87. The number of alkyl halides is 2. The second-order valence-electron chi connectivity index (χ2n) is 7.09. The predicted molar refractivity (Wildman–Crippen MR) is 92.6 cm³/mol. The molecule has 2 aliphatic heterocycles. The lowest BCUT2D eigenvalue weighted by atomic mass is 9.85. The molecule has 0 aromatic heterocycles. The van der Waals surface area contributed by atoms with Gasteiger partial charge in [-0.15, -0.1) is 0 Å². The molecular weight excluding hydrogens is 379 g/mol. The topological polar surface area (TPSA) is 98.7 Å². The van der Waals surface area contributed by atoms with E-state index in [1.54, 1.807) is 0 Å². The number of imide groups is 1. The number of hydrogen-bond acceptors (Lipinski definition) is 5. The number of anilines is 1. The molecule has 7 nitrogen and oxygen atoms in total. The van der Waals surface area contributed by atoms with Crippen LogP contribution >= 0.6 is 0 Å². The van der Waals surface area contributed by atoms with E-state index in [-0.39, 0.29) is 43.0 Å². The molecule has 28 heavy (non-hydrogen) atoms. The zero-order chi connectivity index (χ0) is 20.5. The van der Waals surface area contributed by atoms with E-state index in [1.807, 2.05) is 0 Å². The van der Waals surface area contributed by atoms with Crippen molar-refractivity contribution in [3.63, 3.8) is 0 Å². The lowest BCUT2D eigenvalue weighted by molar-refractivity contribution is -0.142. The highest BCUT2D eigenvalue weighted by molar-refractivity contribution is 6.01. The van der Waals surface area contributed by atoms with Crippen molar-refractivity contribution in [3.8, 4) is 0 Å². The molecule has 2 fully saturated rings. The lowest BCUT2D eigenvalue weighted by Gasteiger charge is -2.38. The molecule has 2 saturated heterocycles. The van der Waals surface area contributed by atoms with Gasteiger partial charge in [0.2, 0.25) is 11.8 Å². The Morgan fingerprint density at radius 1 is 1.32 bits per heavy atom. The Bertz CT molecular complexity index is 802. The molecule has 152 valence electrons. The minimum absolute atomic E-state index is 0.0723. The van der Waals surface area contributed by atoms with Crippen LogP contribution in [0.2, 0.25) is 0 Å². The minimum Gasteiger partial charge on any atom is -0.480 e. The first-order valence-corrected chi connectivity index (χ1v) is 8.87. The van der Waals surface area contributed by atoms with Gasteiger partial charge >= 0.3 is 5.97 Å². The third-order valence-corrected chi connectivity index (χ3v) is 4.99. The standard InChI is InChI=1S/C18H20F3N3O4/c19-13-7-10(22-14-3-4-15(25)23-17(14)28)1-2-11(13)12-5-6-24(8-16(26)27)9-18(12,20)21/h1-2,7,12,14,22H,3-6,8-9H2,(H,26,27)(H,23,25,28). The van der Waals surface area contributed by atoms with Gasteiger partial charge in [-0.3, -0.25) is 24.6 Å². The molecule has 2 atom stereocenters. The first-order chi connectivity index (χ1) is 13.2. The van der Waals surface area contributed by atoms with Gasteiger partial charge in [0, 0.05) is 12.1 Å². The van der Waals surface area contributed by atoms with Gasteiger partial charge < -0.3 is 10.4 Å². The van der Waals surface area contributed by atoms with E-state index in [4.69, 9.17) is 5.11 Å². The molecule has 0 bridgehead atoms. The predicted octanol–water partition coefficient (Wildman–Crippen LogP) is 1.55. The summed E-state index contributed by atoms with van der Waals surface area (Å²) in [6.45, 7) is -1.11. The Morgan fingerprint density at radius 3 is 2.68 bits per heavy atom. The van der Waals surface area contributed by atoms with E-state index in [2.05, 4.69) is 10.6 Å². The third kappa shape index (κ3) is 4.44. The summed E-state index contributed by atoms with van der Waals surface area (Å²) in [5.41, 5.74) is 0.108. The number of halogens is 3. The number of nitrogens with zero attached hydrogens (tertiary/aromatic N) is 1. The van der Waals surface area contributed by atoms with Crippen LogP contribution in [0.5, 0.6) is 0 Å². The summed E-state index contributed by atoms with van der Waals surface area (Å²) in [6.07, 6.45) is 0.344. The smallest absolute Gasteiger partial charge is 0.317 e. The number of benzene rings is 1. The van der Waals surface area contributed by atoms with Crippen LogP contribution in [0.4, 0.5) is 18.9 Å². The van der Waals surface area contributed by atoms with Gasteiger partial charge in [-0.1, -0.05) is 6.07 Å². The Labute approximate surface area is 158 Å². The van der Waals surface area contributed by atoms with Crippen molar-refractivity contribution in [2.75, 3.05) is 25.0 Å². The average molecular weight is 399 g/mol. The van der Waals surface area contributed by atoms with Crippen molar-refractivity contribution in [2.24, 2.45) is 0 Å². The van der Waals surface area contributed by atoms with Gasteiger partial charge in [0.1, 0.15) is 11.9 Å². The molecule has 10 heteroatoms. The van der Waals surface area contributed by atoms with Crippen LogP contribution in [0.3, 0.4) is 0 Å². The molecule has 2 heterocycles. The van der Waals surface area contributed by atoms with Crippen molar-refractivity contribution < 1.29 is 32.7 Å². The normalized spacial score (nSPS) is 25.2. The van der Waals surface area contributed by atoms with Crippen molar-refractivity contribution in [2.45, 2.75) is 37.1 Å². The number of hydrogen-bond donors (Lipinski definition) is 3. The summed E-state index contributed by atoms with van der Waals surface area (Å²) >= 11 is 0. The van der Waals surface area contributed by atoms with Crippen molar-refractivity contribution >= 4 is 23.5 Å². The maximum Gasteiger partial charge on any atom is 0.317 e. The molecule has 0 radical (unpaired) electrons. The van der Waals surface area contributed by atoms with E-state index in [0.29, 0.717) is 0 Å².